The van der Waals surface area contributed by atoms with Gasteiger partial charge in [-0.3, -0.25) is 0 Å². The van der Waals surface area contributed by atoms with Gasteiger partial charge in [-0.25, -0.2) is 0 Å². The van der Waals surface area contributed by atoms with Crippen molar-refractivity contribution < 1.29 is 11.9 Å². The fraction of sp³-hybridized carbons (Fsp3) is 0.462. The summed E-state index contributed by atoms with van der Waals surface area (Å²) in [7, 11) is 0. The van der Waals surface area contributed by atoms with Crippen molar-refractivity contribution in [3.05, 3.63) is 30.7 Å². The van der Waals surface area contributed by atoms with Crippen LogP contribution >= 0.6 is 0 Å². The van der Waals surface area contributed by atoms with Gasteiger partial charge in [0.1, 0.15) is 0 Å². The van der Waals surface area contributed by atoms with E-state index in [1.807, 2.05) is 0 Å². The standard InChI is InChI=1S/C7H6O3.3C2H5.Pb/c1-5(7(8)9)6-3-2-4-10-6;3*1-2;/h2-4H,1H2,(H,8,9);3*1H2,2H3;/q;;;;+1/p-1. The summed E-state index contributed by atoms with van der Waals surface area (Å²) in [4.78, 5) is 12.0. The number of hydrogen-bond donors (Lipinski definition) is 0. The molecule has 0 aliphatic carbocycles. The quantitative estimate of drug-likeness (QED) is 0.508. The maximum absolute atomic E-state index is 12.0. The van der Waals surface area contributed by atoms with E-state index in [2.05, 4.69) is 27.4 Å². The molecule has 1 heterocycles. The topological polar surface area (TPSA) is 39.4 Å². The minimum absolute atomic E-state index is 0.299. The Morgan fingerprint density at radius 3 is 2.35 bits per heavy atom. The molecule has 0 atom stereocenters. The van der Waals surface area contributed by atoms with Crippen molar-refractivity contribution in [2.24, 2.45) is 0 Å². The van der Waals surface area contributed by atoms with E-state index in [9.17, 15) is 4.79 Å². The third-order valence-corrected chi connectivity index (χ3v) is 20.7. The van der Waals surface area contributed by atoms with Gasteiger partial charge in [-0.1, -0.05) is 0 Å². The molecule has 1 rings (SSSR count). The van der Waals surface area contributed by atoms with Gasteiger partial charge < -0.3 is 0 Å². The van der Waals surface area contributed by atoms with Crippen LogP contribution in [0.5, 0.6) is 0 Å². The molecule has 0 unspecified atom stereocenters. The maximum atomic E-state index is 12.0. The molecular formula is C13H20O3Pb. The molecule has 0 radical (unpaired) electrons. The average Bonchev–Trinajstić information content (AvgIpc) is 2.88. The molecule has 0 aliphatic rings. The predicted molar refractivity (Wildman–Crippen MR) is 71.0 cm³/mol. The zero-order valence-corrected chi connectivity index (χ0v) is 14.7. The molecule has 0 amide bonds. The van der Waals surface area contributed by atoms with Gasteiger partial charge >= 0.3 is 109 Å². The van der Waals surface area contributed by atoms with Crippen LogP contribution in [0.2, 0.25) is 11.9 Å². The van der Waals surface area contributed by atoms with Crippen LogP contribution in [0.25, 0.3) is 5.57 Å². The summed E-state index contributed by atoms with van der Waals surface area (Å²) in [5, 5.41) is 0. The van der Waals surface area contributed by atoms with Crippen LogP contribution in [0.1, 0.15) is 26.5 Å². The molecule has 17 heavy (non-hydrogen) atoms. The summed E-state index contributed by atoms with van der Waals surface area (Å²) in [6, 6.07) is 3.47. The Labute approximate surface area is 108 Å². The van der Waals surface area contributed by atoms with Crippen LogP contribution < -0.4 is 0 Å². The van der Waals surface area contributed by atoms with Gasteiger partial charge in [-0.05, 0) is 0 Å². The van der Waals surface area contributed by atoms with Crippen LogP contribution in [-0.2, 0) is 7.48 Å². The predicted octanol–water partition coefficient (Wildman–Crippen LogP) is 3.84. The Hall–Kier alpha value is -0.588. The van der Waals surface area contributed by atoms with Crippen molar-refractivity contribution in [2.75, 3.05) is 0 Å². The van der Waals surface area contributed by atoms with E-state index in [0.717, 1.165) is 11.9 Å². The summed E-state index contributed by atoms with van der Waals surface area (Å²) < 4.78 is 14.0. The molecule has 94 valence electrons. The zero-order chi connectivity index (χ0) is 12.9. The molecule has 0 bridgehead atoms. The first kappa shape index (κ1) is 14.5. The van der Waals surface area contributed by atoms with Crippen molar-refractivity contribution in [3.63, 3.8) is 0 Å². The Kier molecular flexibility index (Phi) is 5.43. The number of hydrogen-bond acceptors (Lipinski definition) is 3. The molecule has 3 nitrogen and oxygen atoms in total. The first-order valence-electron chi connectivity index (χ1n) is 6.04. The van der Waals surface area contributed by atoms with Gasteiger partial charge in [0, 0.05) is 0 Å². The molecule has 4 heteroatoms. The molecule has 0 spiro atoms. The van der Waals surface area contributed by atoms with E-state index in [0.29, 0.717) is 11.3 Å². The van der Waals surface area contributed by atoms with Gasteiger partial charge in [-0.15, -0.1) is 0 Å². The first-order valence-corrected chi connectivity index (χ1v) is 15.9. The molecular weight excluding hydrogens is 411 g/mol. The van der Waals surface area contributed by atoms with E-state index < -0.39 is 21.6 Å². The molecule has 0 N–H and O–H groups in total. The van der Waals surface area contributed by atoms with E-state index >= 15 is 0 Å². The van der Waals surface area contributed by atoms with Crippen molar-refractivity contribution in [1.29, 1.82) is 0 Å². The summed E-state index contributed by atoms with van der Waals surface area (Å²) in [6.45, 7) is 10.1. The monoisotopic (exact) mass is 432 g/mol. The third kappa shape index (κ3) is 3.43. The Bertz CT molecular complexity index is 369. The van der Waals surface area contributed by atoms with Gasteiger partial charge in [-0.2, -0.15) is 0 Å². The van der Waals surface area contributed by atoms with E-state index in [4.69, 9.17) is 7.10 Å². The summed E-state index contributed by atoms with van der Waals surface area (Å²) in [6.07, 6.45) is 1.53. The van der Waals surface area contributed by atoms with E-state index in [1.165, 1.54) is 6.26 Å². The van der Waals surface area contributed by atoms with Crippen molar-refractivity contribution in [1.82, 2.24) is 0 Å². The third-order valence-electron chi connectivity index (χ3n) is 3.31. The second kappa shape index (κ2) is 6.37. The van der Waals surface area contributed by atoms with Crippen LogP contribution in [0.4, 0.5) is 0 Å². The van der Waals surface area contributed by atoms with Crippen molar-refractivity contribution >= 4 is 33.2 Å². The van der Waals surface area contributed by atoms with E-state index in [-0.39, 0.29) is 5.97 Å². The van der Waals surface area contributed by atoms with Crippen LogP contribution in [0.15, 0.2) is 29.4 Å². The van der Waals surface area contributed by atoms with Crippen LogP contribution in [-0.4, -0.2) is 27.6 Å². The molecule has 0 aromatic carbocycles. The van der Waals surface area contributed by atoms with Crippen molar-refractivity contribution in [3.8, 4) is 0 Å². The number of carbonyl (C=O) groups excluding carboxylic acids is 1. The van der Waals surface area contributed by atoms with Gasteiger partial charge in [0.2, 0.25) is 0 Å². The molecule has 0 fully saturated rings. The summed E-state index contributed by atoms with van der Waals surface area (Å²) >= 11 is -2.82. The minimum atomic E-state index is -2.82. The summed E-state index contributed by atoms with van der Waals surface area (Å²) in [5.41, 5.74) is 0.328. The average molecular weight is 432 g/mol. The van der Waals surface area contributed by atoms with E-state index in [1.54, 1.807) is 12.1 Å². The fourth-order valence-corrected chi connectivity index (χ4v) is 11.3. The van der Waals surface area contributed by atoms with Gasteiger partial charge in [0.05, 0.1) is 0 Å². The number of rotatable bonds is 6. The SMILES string of the molecule is C=C(C(=O)[O][Pb]([CH2]C)([CH2]C)[CH2]C)c1ccco1. The zero-order valence-electron chi connectivity index (χ0n) is 10.8. The first-order chi connectivity index (χ1) is 8.08. The fourth-order valence-electron chi connectivity index (χ4n) is 1.78. The molecule has 1 aromatic heterocycles. The van der Waals surface area contributed by atoms with Gasteiger partial charge in [0.15, 0.2) is 0 Å². The van der Waals surface area contributed by atoms with Crippen molar-refractivity contribution in [2.45, 2.75) is 32.7 Å². The molecule has 1 aromatic rings. The molecule has 0 aliphatic heterocycles. The number of furan rings is 1. The molecule has 0 saturated heterocycles. The Balaban J connectivity index is 2.75. The molecule has 0 saturated carbocycles. The van der Waals surface area contributed by atoms with Crippen LogP contribution in [0.3, 0.4) is 0 Å². The Morgan fingerprint density at radius 2 is 1.94 bits per heavy atom. The normalized spacial score (nSPS) is 11.2. The second-order valence-electron chi connectivity index (χ2n) is 4.09. The van der Waals surface area contributed by atoms with Crippen LogP contribution in [0, 0.1) is 0 Å². The summed E-state index contributed by atoms with van der Waals surface area (Å²) in [5.74, 6) is 0.202. The second-order valence-corrected chi connectivity index (χ2v) is 22.3. The Morgan fingerprint density at radius 1 is 1.35 bits per heavy atom. The van der Waals surface area contributed by atoms with Gasteiger partial charge in [0.25, 0.3) is 0 Å². The number of carbonyl (C=O) groups is 1.